The zero-order valence-corrected chi connectivity index (χ0v) is 12.2. The Bertz CT molecular complexity index is 928. The van der Waals surface area contributed by atoms with E-state index in [0.717, 1.165) is 16.8 Å². The Morgan fingerprint density at radius 3 is 2.36 bits per heavy atom. The molecule has 0 saturated carbocycles. The summed E-state index contributed by atoms with van der Waals surface area (Å²) in [7, 11) is 0. The first-order chi connectivity index (χ1) is 10.8. The number of benzene rings is 2. The smallest absolute Gasteiger partial charge is 0.137 e. The predicted octanol–water partition coefficient (Wildman–Crippen LogP) is 3.18. The monoisotopic (exact) mass is 284 g/mol. The van der Waals surface area contributed by atoms with Crippen LogP contribution in [0, 0.1) is 0 Å². The minimum atomic E-state index is 1.03. The van der Waals surface area contributed by atoms with E-state index in [1.54, 1.807) is 0 Å². The van der Waals surface area contributed by atoms with Gasteiger partial charge in [-0.05, 0) is 16.2 Å². The van der Waals surface area contributed by atoms with Gasteiger partial charge in [-0.3, -0.25) is 0 Å². The lowest BCUT2D eigenvalue weighted by molar-refractivity contribution is -1.12. The molecule has 2 nitrogen and oxygen atoms in total. The topological polar surface area (TPSA) is 8.20 Å². The summed E-state index contributed by atoms with van der Waals surface area (Å²) in [6, 6.07) is 22.8. The summed E-state index contributed by atoms with van der Waals surface area (Å²) < 4.78 is 4.23. The van der Waals surface area contributed by atoms with Crippen LogP contribution in [-0.4, -0.2) is 0 Å². The summed E-state index contributed by atoms with van der Waals surface area (Å²) in [6.07, 6.45) is 6.27. The van der Waals surface area contributed by atoms with Crippen LogP contribution in [0.15, 0.2) is 91.9 Å². The number of aromatic nitrogens is 2. The molecule has 0 unspecified atom stereocenters. The van der Waals surface area contributed by atoms with Gasteiger partial charge >= 0.3 is 0 Å². The zero-order valence-electron chi connectivity index (χ0n) is 12.2. The molecule has 0 aliphatic carbocycles. The summed E-state index contributed by atoms with van der Waals surface area (Å²) >= 11 is 0. The maximum absolute atomic E-state index is 4.35. The first kappa shape index (κ1) is 12.7. The lowest BCUT2D eigenvalue weighted by atomic mass is 9.98. The van der Waals surface area contributed by atoms with Gasteiger partial charge in [0, 0.05) is 5.56 Å². The Hall–Kier alpha value is -3.00. The molecule has 0 amide bonds. The number of fused-ring (bicyclic) bond motifs is 1. The Morgan fingerprint density at radius 2 is 1.64 bits per heavy atom. The highest BCUT2D eigenvalue weighted by Gasteiger charge is 2.21. The van der Waals surface area contributed by atoms with Gasteiger partial charge in [-0.25, -0.2) is 0 Å². The van der Waals surface area contributed by atoms with Crippen molar-refractivity contribution in [3.8, 4) is 11.1 Å². The highest BCUT2D eigenvalue weighted by Crippen LogP contribution is 2.28. The van der Waals surface area contributed by atoms with E-state index in [4.69, 9.17) is 0 Å². The quantitative estimate of drug-likeness (QED) is 0.403. The maximum atomic E-state index is 4.35. The van der Waals surface area contributed by atoms with Gasteiger partial charge < -0.3 is 0 Å². The van der Waals surface area contributed by atoms with Crippen LogP contribution in [0.1, 0.15) is 11.3 Å². The van der Waals surface area contributed by atoms with Crippen molar-refractivity contribution in [3.05, 3.63) is 103 Å². The van der Waals surface area contributed by atoms with Crippen molar-refractivity contribution in [3.63, 3.8) is 0 Å². The lowest BCUT2D eigenvalue weighted by Gasteiger charge is -2.07. The summed E-state index contributed by atoms with van der Waals surface area (Å²) in [5, 5.41) is 0. The fourth-order valence-electron chi connectivity index (χ4n) is 2.87. The van der Waals surface area contributed by atoms with Crippen LogP contribution >= 0.6 is 0 Å². The van der Waals surface area contributed by atoms with Gasteiger partial charge in [-0.15, -0.1) is 6.58 Å². The molecule has 2 aromatic heterocycles. The predicted molar refractivity (Wildman–Crippen MR) is 86.5 cm³/mol. The van der Waals surface area contributed by atoms with E-state index in [0.29, 0.717) is 0 Å². The second kappa shape index (κ2) is 5.08. The molecule has 0 aliphatic heterocycles. The molecule has 4 aromatic rings. The molecule has 0 atom stereocenters. The van der Waals surface area contributed by atoms with Crippen LogP contribution in [0.5, 0.6) is 0 Å². The molecular formula is C20H16N2. The van der Waals surface area contributed by atoms with Crippen molar-refractivity contribution in [2.75, 3.05) is 0 Å². The van der Waals surface area contributed by atoms with Crippen LogP contribution in [0.4, 0.5) is 0 Å². The molecule has 2 aromatic carbocycles. The second-order valence-corrected chi connectivity index (χ2v) is 5.32. The van der Waals surface area contributed by atoms with E-state index in [1.807, 2.05) is 36.5 Å². The fourth-order valence-corrected chi connectivity index (χ4v) is 2.87. The molecule has 2 heteroatoms. The van der Waals surface area contributed by atoms with Crippen LogP contribution in [0.25, 0.3) is 16.7 Å². The molecule has 22 heavy (non-hydrogen) atoms. The average molecular weight is 284 g/mol. The molecule has 2 heterocycles. The van der Waals surface area contributed by atoms with Gasteiger partial charge in [0.05, 0.1) is 0 Å². The van der Waals surface area contributed by atoms with Crippen molar-refractivity contribution >= 4 is 5.57 Å². The summed E-state index contributed by atoms with van der Waals surface area (Å²) in [5.41, 5.74) is 5.68. The lowest BCUT2D eigenvalue weighted by Crippen LogP contribution is -2.47. The van der Waals surface area contributed by atoms with Crippen LogP contribution in [0.3, 0.4) is 0 Å². The van der Waals surface area contributed by atoms with Crippen LogP contribution in [-0.2, 0) is 0 Å². The van der Waals surface area contributed by atoms with E-state index in [9.17, 15) is 0 Å². The number of rotatable bonds is 3. The first-order valence-corrected chi connectivity index (χ1v) is 7.33. The van der Waals surface area contributed by atoms with Crippen molar-refractivity contribution in [1.82, 2.24) is 0 Å². The molecular weight excluding hydrogens is 268 g/mol. The van der Waals surface area contributed by atoms with Crippen molar-refractivity contribution in [2.24, 2.45) is 0 Å². The number of hydrogen-bond donors (Lipinski definition) is 0. The minimum Gasteiger partial charge on any atom is -0.137 e. The average Bonchev–Trinajstić information content (AvgIpc) is 3.16. The van der Waals surface area contributed by atoms with E-state index < -0.39 is 0 Å². The molecule has 0 N–H and O–H groups in total. The van der Waals surface area contributed by atoms with E-state index in [1.165, 1.54) is 11.1 Å². The summed E-state index contributed by atoms with van der Waals surface area (Å²) in [6.45, 7) is 4.35. The third-order valence-corrected chi connectivity index (χ3v) is 3.95. The normalized spacial score (nSPS) is 10.9. The molecule has 0 spiro atoms. The Morgan fingerprint density at radius 1 is 0.955 bits per heavy atom. The Kier molecular flexibility index (Phi) is 2.94. The van der Waals surface area contributed by atoms with Crippen molar-refractivity contribution < 1.29 is 9.03 Å². The molecule has 0 fully saturated rings. The van der Waals surface area contributed by atoms with E-state index >= 15 is 0 Å². The largest absolute Gasteiger partial charge is 0.211 e. The van der Waals surface area contributed by atoms with Gasteiger partial charge in [-0.1, -0.05) is 76.3 Å². The van der Waals surface area contributed by atoms with Crippen LogP contribution < -0.4 is 9.03 Å². The molecule has 106 valence electrons. The zero-order chi connectivity index (χ0) is 14.9. The van der Waals surface area contributed by atoms with E-state index in [2.05, 4.69) is 64.4 Å². The number of hydrogen-bond acceptors (Lipinski definition) is 0. The highest BCUT2D eigenvalue weighted by molar-refractivity contribution is 5.83. The van der Waals surface area contributed by atoms with Gasteiger partial charge in [-0.2, -0.15) is 0 Å². The molecule has 0 radical (unpaired) electrons. The van der Waals surface area contributed by atoms with E-state index in [-0.39, 0.29) is 0 Å². The molecule has 0 saturated heterocycles. The second-order valence-electron chi connectivity index (χ2n) is 5.32. The first-order valence-electron chi connectivity index (χ1n) is 7.33. The SMILES string of the molecule is C=C(c1ccccc1)[c-]1c(-c2ccccc2)c[n+]2[cH-]cc[n+]12. The highest BCUT2D eigenvalue weighted by atomic mass is 15.3. The minimum absolute atomic E-state index is 1.03. The standard InChI is InChI=1S/C20H16N2/c1-16(17-9-4-2-5-10-17)20-19(18-11-6-3-7-12-18)15-21-13-8-14-22(20)21/h2-15H,1H2. The van der Waals surface area contributed by atoms with Crippen molar-refractivity contribution in [1.29, 1.82) is 0 Å². The molecule has 0 aliphatic rings. The van der Waals surface area contributed by atoms with Crippen LogP contribution in [0.2, 0.25) is 0 Å². The molecule has 4 rings (SSSR count). The van der Waals surface area contributed by atoms with Gasteiger partial charge in [0.25, 0.3) is 0 Å². The van der Waals surface area contributed by atoms with Gasteiger partial charge in [0.2, 0.25) is 5.69 Å². The third kappa shape index (κ3) is 1.97. The molecule has 0 bridgehead atoms. The third-order valence-electron chi connectivity index (χ3n) is 3.95. The summed E-state index contributed by atoms with van der Waals surface area (Å²) in [4.78, 5) is 0. The van der Waals surface area contributed by atoms with Gasteiger partial charge in [0.15, 0.2) is 0 Å². The summed E-state index contributed by atoms with van der Waals surface area (Å²) in [5.74, 6) is 0. The number of nitrogens with zero attached hydrogens (tertiary/aromatic N) is 2. The Balaban J connectivity index is 1.96. The Labute approximate surface area is 129 Å². The fraction of sp³-hybridized carbons (Fsp3) is 0. The van der Waals surface area contributed by atoms with Gasteiger partial charge in [0.1, 0.15) is 18.6 Å². The van der Waals surface area contributed by atoms with Crippen molar-refractivity contribution in [2.45, 2.75) is 0 Å². The maximum Gasteiger partial charge on any atom is 0.211 e.